The fraction of sp³-hybridized carbons (Fsp3) is 0.222. The van der Waals surface area contributed by atoms with Crippen molar-refractivity contribution in [1.82, 2.24) is 20.0 Å². The van der Waals surface area contributed by atoms with Crippen LogP contribution in [-0.2, 0) is 21.4 Å². The first kappa shape index (κ1) is 18.1. The number of benzene rings is 2. The van der Waals surface area contributed by atoms with Crippen molar-refractivity contribution < 1.29 is 13.2 Å². The Bertz CT molecular complexity index is 1020. The zero-order valence-corrected chi connectivity index (χ0v) is 15.4. The van der Waals surface area contributed by atoms with Crippen LogP contribution in [0.15, 0.2) is 47.4 Å². The van der Waals surface area contributed by atoms with E-state index in [-0.39, 0.29) is 18.0 Å². The number of imidazole rings is 1. The van der Waals surface area contributed by atoms with Gasteiger partial charge in [0.15, 0.2) is 0 Å². The number of nitrogens with one attached hydrogen (secondary N) is 3. The van der Waals surface area contributed by atoms with Crippen molar-refractivity contribution in [1.29, 1.82) is 0 Å². The molecule has 26 heavy (non-hydrogen) atoms. The Balaban J connectivity index is 1.56. The van der Waals surface area contributed by atoms with Gasteiger partial charge in [-0.3, -0.25) is 4.79 Å². The van der Waals surface area contributed by atoms with Crippen LogP contribution in [0.3, 0.4) is 0 Å². The van der Waals surface area contributed by atoms with E-state index in [0.29, 0.717) is 5.82 Å². The normalized spacial score (nSPS) is 11.6. The molecule has 7 nitrogen and oxygen atoms in total. The summed E-state index contributed by atoms with van der Waals surface area (Å²) >= 11 is 0. The first-order chi connectivity index (χ1) is 12.3. The molecule has 3 rings (SSSR count). The van der Waals surface area contributed by atoms with Crippen molar-refractivity contribution in [3.8, 4) is 0 Å². The van der Waals surface area contributed by atoms with Gasteiger partial charge in [0.25, 0.3) is 0 Å². The summed E-state index contributed by atoms with van der Waals surface area (Å²) in [6.07, 6.45) is 0. The van der Waals surface area contributed by atoms with Crippen molar-refractivity contribution >= 4 is 27.0 Å². The number of aromatic amines is 1. The van der Waals surface area contributed by atoms with Crippen LogP contribution in [0, 0.1) is 13.8 Å². The Labute approximate surface area is 151 Å². The third kappa shape index (κ3) is 4.09. The molecule has 0 saturated carbocycles. The molecule has 3 N–H and O–H groups in total. The van der Waals surface area contributed by atoms with Gasteiger partial charge in [-0.15, -0.1) is 0 Å². The zero-order chi connectivity index (χ0) is 18.7. The number of aryl methyl sites for hydroxylation is 2. The summed E-state index contributed by atoms with van der Waals surface area (Å²) in [7, 11) is -3.73. The van der Waals surface area contributed by atoms with E-state index in [4.69, 9.17) is 0 Å². The van der Waals surface area contributed by atoms with Crippen LogP contribution in [-0.4, -0.2) is 30.8 Å². The quantitative estimate of drug-likeness (QED) is 0.613. The molecule has 0 fully saturated rings. The van der Waals surface area contributed by atoms with E-state index in [0.717, 1.165) is 22.2 Å². The van der Waals surface area contributed by atoms with Crippen LogP contribution < -0.4 is 10.0 Å². The molecule has 0 atom stereocenters. The van der Waals surface area contributed by atoms with Crippen LogP contribution in [0.5, 0.6) is 0 Å². The lowest BCUT2D eigenvalue weighted by molar-refractivity contribution is -0.120. The molecule has 136 valence electrons. The highest BCUT2D eigenvalue weighted by Gasteiger charge is 2.16. The molecule has 1 amide bonds. The largest absolute Gasteiger partial charge is 0.348 e. The number of H-pyrrole nitrogens is 1. The summed E-state index contributed by atoms with van der Waals surface area (Å²) in [4.78, 5) is 19.5. The van der Waals surface area contributed by atoms with Crippen LogP contribution in [0.1, 0.15) is 17.0 Å². The lowest BCUT2D eigenvalue weighted by atomic mass is 10.1. The first-order valence-corrected chi connectivity index (χ1v) is 9.61. The van der Waals surface area contributed by atoms with Gasteiger partial charge in [0.2, 0.25) is 15.9 Å². The molecule has 0 aliphatic carbocycles. The monoisotopic (exact) mass is 372 g/mol. The number of carbonyl (C=O) groups excluding carboxylic acids is 1. The summed E-state index contributed by atoms with van der Waals surface area (Å²) < 4.78 is 26.9. The molecule has 0 aliphatic heterocycles. The fourth-order valence-corrected chi connectivity index (χ4v) is 3.53. The van der Waals surface area contributed by atoms with Gasteiger partial charge >= 0.3 is 0 Å². The second kappa shape index (κ2) is 7.27. The molecule has 0 radical (unpaired) electrons. The summed E-state index contributed by atoms with van der Waals surface area (Å²) in [5.41, 5.74) is 3.58. The van der Waals surface area contributed by atoms with E-state index in [1.165, 1.54) is 6.07 Å². The van der Waals surface area contributed by atoms with Crippen molar-refractivity contribution in [2.24, 2.45) is 0 Å². The second-order valence-electron chi connectivity index (χ2n) is 6.05. The SMILES string of the molecule is Cc1ccc(S(=O)(=O)NCC(=O)NCc2nc3ccccc3[nH]2)cc1C. The van der Waals surface area contributed by atoms with Gasteiger partial charge in [-0.1, -0.05) is 18.2 Å². The number of aromatic nitrogens is 2. The summed E-state index contributed by atoms with van der Waals surface area (Å²) in [6.45, 7) is 3.60. The van der Waals surface area contributed by atoms with E-state index in [1.54, 1.807) is 12.1 Å². The number of nitrogens with zero attached hydrogens (tertiary/aromatic N) is 1. The summed E-state index contributed by atoms with van der Waals surface area (Å²) in [6, 6.07) is 12.4. The maximum absolute atomic E-state index is 12.3. The van der Waals surface area contributed by atoms with Gasteiger partial charge in [-0.2, -0.15) is 0 Å². The van der Waals surface area contributed by atoms with Gasteiger partial charge in [-0.25, -0.2) is 18.1 Å². The number of hydrogen-bond donors (Lipinski definition) is 3. The van der Waals surface area contributed by atoms with Crippen LogP contribution in [0.2, 0.25) is 0 Å². The van der Waals surface area contributed by atoms with Crippen molar-refractivity contribution in [2.45, 2.75) is 25.3 Å². The molecular weight excluding hydrogens is 352 g/mol. The number of carbonyl (C=O) groups is 1. The Morgan fingerprint density at radius 2 is 1.88 bits per heavy atom. The Morgan fingerprint density at radius 1 is 1.12 bits per heavy atom. The highest BCUT2D eigenvalue weighted by atomic mass is 32.2. The topological polar surface area (TPSA) is 104 Å². The number of para-hydroxylation sites is 2. The first-order valence-electron chi connectivity index (χ1n) is 8.12. The summed E-state index contributed by atoms with van der Waals surface area (Å²) in [5.74, 6) is 0.175. The third-order valence-electron chi connectivity index (χ3n) is 4.10. The molecule has 8 heteroatoms. The predicted octanol–water partition coefficient (Wildman–Crippen LogP) is 1.77. The zero-order valence-electron chi connectivity index (χ0n) is 14.5. The molecule has 0 bridgehead atoms. The highest BCUT2D eigenvalue weighted by Crippen LogP contribution is 2.14. The number of fused-ring (bicyclic) bond motifs is 1. The Kier molecular flexibility index (Phi) is 5.06. The Morgan fingerprint density at radius 3 is 2.62 bits per heavy atom. The number of amides is 1. The lowest BCUT2D eigenvalue weighted by Crippen LogP contribution is -2.36. The number of rotatable bonds is 6. The van der Waals surface area contributed by atoms with Crippen molar-refractivity contribution in [2.75, 3.05) is 6.54 Å². The molecule has 1 aromatic heterocycles. The minimum absolute atomic E-state index is 0.144. The minimum atomic E-state index is -3.73. The molecule has 1 heterocycles. The maximum Gasteiger partial charge on any atom is 0.241 e. The maximum atomic E-state index is 12.3. The minimum Gasteiger partial charge on any atom is -0.348 e. The lowest BCUT2D eigenvalue weighted by Gasteiger charge is -2.09. The third-order valence-corrected chi connectivity index (χ3v) is 5.50. The van der Waals surface area contributed by atoms with E-state index >= 15 is 0 Å². The van der Waals surface area contributed by atoms with Gasteiger partial charge in [-0.05, 0) is 49.2 Å². The molecule has 3 aromatic rings. The molecule has 0 saturated heterocycles. The van der Waals surface area contributed by atoms with E-state index in [1.807, 2.05) is 38.1 Å². The van der Waals surface area contributed by atoms with Gasteiger partial charge in [0, 0.05) is 0 Å². The van der Waals surface area contributed by atoms with Crippen LogP contribution in [0.4, 0.5) is 0 Å². The standard InChI is InChI=1S/C18H20N4O3S/c1-12-7-8-14(9-13(12)2)26(24,25)20-11-18(23)19-10-17-21-15-5-3-4-6-16(15)22-17/h3-9,20H,10-11H2,1-2H3,(H,19,23)(H,21,22). The fourth-order valence-electron chi connectivity index (χ4n) is 2.46. The number of sulfonamides is 1. The highest BCUT2D eigenvalue weighted by molar-refractivity contribution is 7.89. The molecule has 0 spiro atoms. The van der Waals surface area contributed by atoms with Gasteiger partial charge in [0.05, 0.1) is 29.0 Å². The van der Waals surface area contributed by atoms with Crippen molar-refractivity contribution in [3.05, 3.63) is 59.4 Å². The van der Waals surface area contributed by atoms with Crippen molar-refractivity contribution in [3.63, 3.8) is 0 Å². The van der Waals surface area contributed by atoms with E-state index < -0.39 is 15.9 Å². The van der Waals surface area contributed by atoms with Crippen LogP contribution >= 0.6 is 0 Å². The smallest absolute Gasteiger partial charge is 0.241 e. The molecular formula is C18H20N4O3S. The molecule has 0 unspecified atom stereocenters. The molecule has 2 aromatic carbocycles. The van der Waals surface area contributed by atoms with Gasteiger partial charge < -0.3 is 10.3 Å². The van der Waals surface area contributed by atoms with E-state index in [2.05, 4.69) is 20.0 Å². The van der Waals surface area contributed by atoms with Crippen LogP contribution in [0.25, 0.3) is 11.0 Å². The number of hydrogen-bond acceptors (Lipinski definition) is 4. The predicted molar refractivity (Wildman–Crippen MR) is 99.0 cm³/mol. The average Bonchev–Trinajstić information content (AvgIpc) is 3.03. The Hall–Kier alpha value is -2.71. The average molecular weight is 372 g/mol. The van der Waals surface area contributed by atoms with Gasteiger partial charge in [0.1, 0.15) is 5.82 Å². The summed E-state index contributed by atoms with van der Waals surface area (Å²) in [5, 5.41) is 2.64. The molecule has 0 aliphatic rings. The van der Waals surface area contributed by atoms with E-state index in [9.17, 15) is 13.2 Å². The second-order valence-corrected chi connectivity index (χ2v) is 7.81.